The number of nitrogens with zero attached hydrogens (tertiary/aromatic N) is 2. The summed E-state index contributed by atoms with van der Waals surface area (Å²) in [6, 6.07) is 13.6. The van der Waals surface area contributed by atoms with Crippen LogP contribution in [0.1, 0.15) is 32.7 Å². The largest absolute Gasteiger partial charge is 0.337 e. The lowest BCUT2D eigenvalue weighted by atomic mass is 10.1. The van der Waals surface area contributed by atoms with Crippen molar-refractivity contribution in [3.8, 4) is 0 Å². The van der Waals surface area contributed by atoms with Gasteiger partial charge < -0.3 is 9.80 Å². The summed E-state index contributed by atoms with van der Waals surface area (Å²) in [6.45, 7) is 3.84. The van der Waals surface area contributed by atoms with Crippen molar-refractivity contribution in [1.29, 1.82) is 0 Å². The van der Waals surface area contributed by atoms with Crippen LogP contribution in [0.4, 0.5) is 4.39 Å². The Morgan fingerprint density at radius 1 is 0.840 bits per heavy atom. The lowest BCUT2D eigenvalue weighted by Gasteiger charge is -2.22. The van der Waals surface area contributed by atoms with Gasteiger partial charge in [0.05, 0.1) is 0 Å². The Labute approximate surface area is 146 Å². The van der Waals surface area contributed by atoms with Gasteiger partial charge in [-0.25, -0.2) is 4.39 Å². The summed E-state index contributed by atoms with van der Waals surface area (Å²) in [4.78, 5) is 28.8. The topological polar surface area (TPSA) is 40.6 Å². The smallest absolute Gasteiger partial charge is 0.253 e. The first kappa shape index (κ1) is 17.1. The normalized spacial score (nSPS) is 15.0. The van der Waals surface area contributed by atoms with E-state index in [1.807, 2.05) is 18.2 Å². The molecular weight excluding hydrogens is 319 g/mol. The fraction of sp³-hybridized carbons (Fsp3) is 0.300. The molecule has 130 valence electrons. The second kappa shape index (κ2) is 7.47. The number of halogens is 1. The van der Waals surface area contributed by atoms with E-state index >= 15 is 0 Å². The van der Waals surface area contributed by atoms with Gasteiger partial charge in [0.1, 0.15) is 5.82 Å². The van der Waals surface area contributed by atoms with Crippen molar-refractivity contribution >= 4 is 11.8 Å². The van der Waals surface area contributed by atoms with Crippen LogP contribution in [0.2, 0.25) is 0 Å². The highest BCUT2D eigenvalue weighted by molar-refractivity contribution is 5.95. The fourth-order valence-corrected chi connectivity index (χ4v) is 3.05. The summed E-state index contributed by atoms with van der Waals surface area (Å²) < 4.78 is 13.4. The molecule has 2 amide bonds. The van der Waals surface area contributed by atoms with E-state index in [4.69, 9.17) is 0 Å². The zero-order chi connectivity index (χ0) is 17.8. The Morgan fingerprint density at radius 2 is 1.44 bits per heavy atom. The van der Waals surface area contributed by atoms with Crippen LogP contribution in [0.5, 0.6) is 0 Å². The predicted molar refractivity (Wildman–Crippen MR) is 94.0 cm³/mol. The number of hydrogen-bond donors (Lipinski definition) is 0. The molecule has 0 atom stereocenters. The molecule has 2 aromatic carbocycles. The van der Waals surface area contributed by atoms with E-state index in [1.54, 1.807) is 34.9 Å². The number of carbonyl (C=O) groups is 2. The molecule has 1 aliphatic rings. The van der Waals surface area contributed by atoms with Gasteiger partial charge >= 0.3 is 0 Å². The fourth-order valence-electron chi connectivity index (χ4n) is 3.05. The minimum absolute atomic E-state index is 0.00692. The number of amides is 2. The molecule has 1 fully saturated rings. The monoisotopic (exact) mass is 340 g/mol. The van der Waals surface area contributed by atoms with Gasteiger partial charge in [-0.05, 0) is 49.2 Å². The maximum Gasteiger partial charge on any atom is 0.253 e. The van der Waals surface area contributed by atoms with Gasteiger partial charge in [0, 0.05) is 37.3 Å². The Morgan fingerprint density at radius 3 is 2.04 bits per heavy atom. The second-order valence-corrected chi connectivity index (χ2v) is 6.27. The van der Waals surface area contributed by atoms with Gasteiger partial charge in [-0.3, -0.25) is 9.59 Å². The third-order valence-electron chi connectivity index (χ3n) is 4.50. The Balaban J connectivity index is 1.68. The molecule has 0 saturated carbocycles. The average Bonchev–Trinajstić information content (AvgIpc) is 2.89. The number of aryl methyl sites for hydroxylation is 1. The Bertz CT molecular complexity index is 777. The van der Waals surface area contributed by atoms with Crippen molar-refractivity contribution in [2.45, 2.75) is 13.3 Å². The van der Waals surface area contributed by atoms with Crippen LogP contribution in [-0.2, 0) is 0 Å². The molecule has 1 aliphatic heterocycles. The van der Waals surface area contributed by atoms with Gasteiger partial charge in [0.15, 0.2) is 0 Å². The van der Waals surface area contributed by atoms with E-state index in [-0.39, 0.29) is 17.6 Å². The van der Waals surface area contributed by atoms with Crippen molar-refractivity contribution in [2.24, 2.45) is 0 Å². The first-order valence-electron chi connectivity index (χ1n) is 8.46. The van der Waals surface area contributed by atoms with E-state index in [0.717, 1.165) is 6.42 Å². The van der Waals surface area contributed by atoms with E-state index in [0.29, 0.717) is 42.9 Å². The molecule has 1 saturated heterocycles. The lowest BCUT2D eigenvalue weighted by molar-refractivity contribution is 0.0718. The molecule has 0 unspecified atom stereocenters. The highest BCUT2D eigenvalue weighted by Gasteiger charge is 2.23. The van der Waals surface area contributed by atoms with Crippen LogP contribution in [0.3, 0.4) is 0 Å². The standard InChI is InChI=1S/C20H21FN2O2/c1-15-14-17(8-9-18(15)21)20(25)23-11-5-10-22(12-13-23)19(24)16-6-3-2-4-7-16/h2-4,6-9,14H,5,10-13H2,1H3. The van der Waals surface area contributed by atoms with Crippen molar-refractivity contribution in [3.63, 3.8) is 0 Å². The van der Waals surface area contributed by atoms with Crippen molar-refractivity contribution in [1.82, 2.24) is 9.80 Å². The Hall–Kier alpha value is -2.69. The molecule has 1 heterocycles. The minimum Gasteiger partial charge on any atom is -0.337 e. The quantitative estimate of drug-likeness (QED) is 0.843. The van der Waals surface area contributed by atoms with Gasteiger partial charge in [0.25, 0.3) is 11.8 Å². The molecule has 25 heavy (non-hydrogen) atoms. The molecule has 2 aromatic rings. The number of hydrogen-bond acceptors (Lipinski definition) is 2. The molecule has 4 nitrogen and oxygen atoms in total. The minimum atomic E-state index is -0.313. The maximum atomic E-state index is 13.4. The highest BCUT2D eigenvalue weighted by atomic mass is 19.1. The van der Waals surface area contributed by atoms with Gasteiger partial charge in [-0.1, -0.05) is 18.2 Å². The molecule has 0 radical (unpaired) electrons. The average molecular weight is 340 g/mol. The maximum absolute atomic E-state index is 13.4. The third kappa shape index (κ3) is 3.87. The predicted octanol–water partition coefficient (Wildman–Crippen LogP) is 3.12. The second-order valence-electron chi connectivity index (χ2n) is 6.27. The SMILES string of the molecule is Cc1cc(C(=O)N2CCCN(C(=O)c3ccccc3)CC2)ccc1F. The molecule has 3 rings (SSSR count). The van der Waals surface area contributed by atoms with Crippen molar-refractivity contribution in [2.75, 3.05) is 26.2 Å². The summed E-state index contributed by atoms with van der Waals surface area (Å²) in [5.74, 6) is -0.434. The summed E-state index contributed by atoms with van der Waals surface area (Å²) in [5.41, 5.74) is 1.61. The third-order valence-corrected chi connectivity index (χ3v) is 4.50. The summed E-state index contributed by atoms with van der Waals surface area (Å²) in [6.07, 6.45) is 0.727. The van der Waals surface area contributed by atoms with E-state index in [2.05, 4.69) is 0 Å². The molecule has 0 bridgehead atoms. The first-order valence-corrected chi connectivity index (χ1v) is 8.46. The van der Waals surface area contributed by atoms with Crippen LogP contribution in [0.25, 0.3) is 0 Å². The van der Waals surface area contributed by atoms with Crippen molar-refractivity contribution < 1.29 is 14.0 Å². The molecule has 5 heteroatoms. The molecular formula is C20H21FN2O2. The van der Waals surface area contributed by atoms with Crippen LogP contribution < -0.4 is 0 Å². The molecule has 0 aromatic heterocycles. The van der Waals surface area contributed by atoms with Crippen LogP contribution in [0, 0.1) is 12.7 Å². The number of rotatable bonds is 2. The first-order chi connectivity index (χ1) is 12.1. The number of benzene rings is 2. The van der Waals surface area contributed by atoms with Gasteiger partial charge in [0.2, 0.25) is 0 Å². The zero-order valence-corrected chi connectivity index (χ0v) is 14.2. The van der Waals surface area contributed by atoms with E-state index in [9.17, 15) is 14.0 Å². The van der Waals surface area contributed by atoms with Crippen LogP contribution in [-0.4, -0.2) is 47.8 Å². The summed E-state index contributed by atoms with van der Waals surface area (Å²) in [5, 5.41) is 0. The van der Waals surface area contributed by atoms with E-state index in [1.165, 1.54) is 12.1 Å². The summed E-state index contributed by atoms with van der Waals surface area (Å²) >= 11 is 0. The van der Waals surface area contributed by atoms with E-state index < -0.39 is 0 Å². The zero-order valence-electron chi connectivity index (χ0n) is 14.2. The van der Waals surface area contributed by atoms with Crippen molar-refractivity contribution in [3.05, 3.63) is 71.0 Å². The van der Waals surface area contributed by atoms with Gasteiger partial charge in [-0.15, -0.1) is 0 Å². The van der Waals surface area contributed by atoms with Crippen LogP contribution in [0.15, 0.2) is 48.5 Å². The van der Waals surface area contributed by atoms with Gasteiger partial charge in [-0.2, -0.15) is 0 Å². The lowest BCUT2D eigenvalue weighted by Crippen LogP contribution is -2.37. The number of carbonyl (C=O) groups excluding carboxylic acids is 2. The van der Waals surface area contributed by atoms with Crippen LogP contribution >= 0.6 is 0 Å². The molecule has 0 aliphatic carbocycles. The molecule has 0 N–H and O–H groups in total. The molecule has 0 spiro atoms. The Kier molecular flexibility index (Phi) is 5.12. The highest BCUT2D eigenvalue weighted by Crippen LogP contribution is 2.14. The summed E-state index contributed by atoms with van der Waals surface area (Å²) in [7, 11) is 0.